The molecule has 4 N–H and O–H groups in total. The van der Waals surface area contributed by atoms with Crippen molar-refractivity contribution in [1.82, 2.24) is 26.2 Å². The number of carbonyl (C=O) groups is 3. The van der Waals surface area contributed by atoms with Gasteiger partial charge in [0.05, 0.1) is 24.8 Å². The molecule has 2 fully saturated rings. The van der Waals surface area contributed by atoms with Crippen molar-refractivity contribution < 1.29 is 49.9 Å². The second kappa shape index (κ2) is 14.6. The Morgan fingerprint density at radius 3 is 1.96 bits per heavy atom. The fraction of sp³-hybridized carbons (Fsp3) is 0.500. The van der Waals surface area contributed by atoms with Gasteiger partial charge >= 0.3 is 24.5 Å². The maximum Gasteiger partial charge on any atom is 0.416 e. The molecule has 0 radical (unpaired) electrons. The monoisotopic (exact) mass is 661 g/mol. The lowest BCUT2D eigenvalue weighted by Gasteiger charge is -2.30. The molecule has 1 saturated heterocycles. The molecule has 4 amide bonds. The van der Waals surface area contributed by atoms with Crippen molar-refractivity contribution in [2.75, 3.05) is 26.7 Å². The van der Waals surface area contributed by atoms with E-state index in [9.17, 15) is 45.1 Å². The molecule has 0 aromatic heterocycles. The third-order valence-electron chi connectivity index (χ3n) is 8.13. The molecule has 2 aromatic rings. The van der Waals surface area contributed by atoms with E-state index in [1.54, 1.807) is 17.0 Å². The van der Waals surface area contributed by atoms with Crippen molar-refractivity contribution in [1.29, 1.82) is 0 Å². The quantitative estimate of drug-likeness (QED) is 0.301. The second-order valence-electron chi connectivity index (χ2n) is 11.4. The van der Waals surface area contributed by atoms with Crippen molar-refractivity contribution in [3.05, 3.63) is 70.5 Å². The number of nitrogens with one attached hydrogen (secondary N) is 4. The fourth-order valence-electron chi connectivity index (χ4n) is 5.71. The van der Waals surface area contributed by atoms with E-state index < -0.39 is 53.9 Å². The van der Waals surface area contributed by atoms with E-state index in [2.05, 4.69) is 26.0 Å². The molecule has 1 heterocycles. The van der Waals surface area contributed by atoms with Gasteiger partial charge in [-0.3, -0.25) is 4.79 Å². The number of methoxy groups -OCH3 is 1. The number of halogens is 7. The zero-order valence-electron chi connectivity index (χ0n) is 24.7. The number of alkyl carbamates (subject to hydrolysis) is 1. The van der Waals surface area contributed by atoms with Crippen LogP contribution >= 0.6 is 0 Å². The van der Waals surface area contributed by atoms with E-state index in [0.29, 0.717) is 43.4 Å². The molecule has 1 aliphatic heterocycles. The van der Waals surface area contributed by atoms with Gasteiger partial charge in [-0.05, 0) is 67.1 Å². The zero-order chi connectivity index (χ0) is 33.6. The van der Waals surface area contributed by atoms with Crippen LogP contribution in [0.25, 0.3) is 0 Å². The highest BCUT2D eigenvalue weighted by Gasteiger charge is 2.38. The number of rotatable bonds is 8. The summed E-state index contributed by atoms with van der Waals surface area (Å²) in [6.07, 6.45) is -7.99. The van der Waals surface area contributed by atoms with Gasteiger partial charge in [-0.15, -0.1) is 0 Å². The van der Waals surface area contributed by atoms with Crippen LogP contribution < -0.4 is 21.3 Å². The van der Waals surface area contributed by atoms with E-state index in [1.165, 1.54) is 19.2 Å². The van der Waals surface area contributed by atoms with Gasteiger partial charge in [0.2, 0.25) is 5.91 Å². The lowest BCUT2D eigenvalue weighted by atomic mass is 9.91. The Hall–Kier alpha value is -4.08. The zero-order valence-corrected chi connectivity index (χ0v) is 24.7. The van der Waals surface area contributed by atoms with Crippen LogP contribution in [0.2, 0.25) is 0 Å². The first-order chi connectivity index (χ1) is 21.6. The smallest absolute Gasteiger partial charge is 0.416 e. The van der Waals surface area contributed by atoms with Gasteiger partial charge in [-0.2, -0.15) is 26.3 Å². The molecule has 2 aromatic carbocycles. The topological polar surface area (TPSA) is 112 Å². The molecule has 0 unspecified atom stereocenters. The molecular formula is C30H34F7N5O4. The molecule has 252 valence electrons. The first-order valence-electron chi connectivity index (χ1n) is 14.6. The summed E-state index contributed by atoms with van der Waals surface area (Å²) in [5.41, 5.74) is -2.64. The summed E-state index contributed by atoms with van der Waals surface area (Å²) in [5, 5.41) is 11.1. The maximum atomic E-state index is 13.6. The van der Waals surface area contributed by atoms with Crippen molar-refractivity contribution in [3.8, 4) is 0 Å². The first-order valence-corrected chi connectivity index (χ1v) is 14.6. The number of carbonyl (C=O) groups excluding carboxylic acids is 3. The highest BCUT2D eigenvalue weighted by atomic mass is 19.4. The van der Waals surface area contributed by atoms with Crippen LogP contribution in [0.5, 0.6) is 0 Å². The minimum Gasteiger partial charge on any atom is -0.453 e. The van der Waals surface area contributed by atoms with Gasteiger partial charge in [0.1, 0.15) is 5.82 Å². The molecule has 4 rings (SSSR count). The van der Waals surface area contributed by atoms with Gasteiger partial charge in [0, 0.05) is 43.7 Å². The summed E-state index contributed by atoms with van der Waals surface area (Å²) in [5.74, 6) is -1.50. The number of nitrogens with zero attached hydrogens (tertiary/aromatic N) is 1. The molecule has 46 heavy (non-hydrogen) atoms. The number of urea groups is 1. The Labute approximate surface area is 260 Å². The predicted octanol–water partition coefficient (Wildman–Crippen LogP) is 4.91. The fourth-order valence-corrected chi connectivity index (χ4v) is 5.71. The standard InChI is InChI=1S/C30H34F7N5O4/c1-46-28(45)41-23-8-6-22(7-9-23)40-27(44)42-15-24(18-2-4-21(31)5-3-18)25(16-42)38-14-26(43)39-13-17-10-19(29(32,33)34)12-20(11-17)30(35,36)37/h2-5,10-12,22-25,38H,6-9,13-16H2,1H3,(H,39,43)(H,40,44)(H,41,45)/t22?,23?,24-,25+/m0/s1. The maximum absolute atomic E-state index is 13.6. The molecule has 16 heteroatoms. The van der Waals surface area contributed by atoms with Crippen LogP contribution in [0, 0.1) is 5.82 Å². The van der Waals surface area contributed by atoms with Gasteiger partial charge < -0.3 is 30.9 Å². The van der Waals surface area contributed by atoms with Crippen LogP contribution in [-0.2, 0) is 28.4 Å². The number of benzene rings is 2. The predicted molar refractivity (Wildman–Crippen MR) is 151 cm³/mol. The van der Waals surface area contributed by atoms with Crippen LogP contribution in [0.15, 0.2) is 42.5 Å². The summed E-state index contributed by atoms with van der Waals surface area (Å²) in [7, 11) is 1.28. The number of likely N-dealkylation sites (tertiary alicyclic amines) is 1. The third kappa shape index (κ3) is 9.47. The number of hydrogen-bond donors (Lipinski definition) is 4. The molecule has 2 atom stereocenters. The van der Waals surface area contributed by atoms with Gasteiger partial charge in [0.25, 0.3) is 0 Å². The molecule has 2 aliphatic rings. The number of amides is 4. The van der Waals surface area contributed by atoms with Crippen LogP contribution in [0.4, 0.5) is 40.3 Å². The molecule has 1 aliphatic carbocycles. The highest BCUT2D eigenvalue weighted by Crippen LogP contribution is 2.36. The van der Waals surface area contributed by atoms with Crippen molar-refractivity contribution >= 4 is 18.0 Å². The Kier molecular flexibility index (Phi) is 11.0. The normalized spacial score (nSPS) is 21.9. The Morgan fingerprint density at radius 1 is 0.848 bits per heavy atom. The molecule has 0 bridgehead atoms. The van der Waals surface area contributed by atoms with E-state index in [-0.39, 0.29) is 55.3 Å². The molecule has 9 nitrogen and oxygen atoms in total. The van der Waals surface area contributed by atoms with E-state index in [4.69, 9.17) is 0 Å². The SMILES string of the molecule is COC(=O)NC1CCC(NC(=O)N2C[C@@H](NCC(=O)NCc3cc(C(F)(F)F)cc(C(F)(F)F)c3)[C@H](c3ccc(F)cc3)C2)CC1. The second-order valence-corrected chi connectivity index (χ2v) is 11.4. The van der Waals surface area contributed by atoms with Crippen LogP contribution in [0.1, 0.15) is 53.9 Å². The largest absolute Gasteiger partial charge is 0.453 e. The van der Waals surface area contributed by atoms with Crippen LogP contribution in [-0.4, -0.2) is 67.8 Å². The Bertz CT molecular complexity index is 1350. The summed E-state index contributed by atoms with van der Waals surface area (Å²) >= 11 is 0. The van der Waals surface area contributed by atoms with E-state index in [0.717, 1.165) is 0 Å². The van der Waals surface area contributed by atoms with Gasteiger partial charge in [-0.25, -0.2) is 14.0 Å². The number of alkyl halides is 6. The number of ether oxygens (including phenoxy) is 1. The highest BCUT2D eigenvalue weighted by molar-refractivity contribution is 5.78. The third-order valence-corrected chi connectivity index (χ3v) is 8.13. The van der Waals surface area contributed by atoms with Crippen molar-refractivity contribution in [3.63, 3.8) is 0 Å². The van der Waals surface area contributed by atoms with Crippen molar-refractivity contribution in [2.45, 2.75) is 68.6 Å². The minimum atomic E-state index is -5.02. The van der Waals surface area contributed by atoms with Gasteiger partial charge in [0.15, 0.2) is 0 Å². The Morgan fingerprint density at radius 2 is 1.41 bits per heavy atom. The average Bonchev–Trinajstić information content (AvgIpc) is 3.43. The van der Waals surface area contributed by atoms with E-state index in [1.807, 2.05) is 0 Å². The lowest BCUT2D eigenvalue weighted by molar-refractivity contribution is -0.143. The average molecular weight is 662 g/mol. The van der Waals surface area contributed by atoms with Crippen LogP contribution in [0.3, 0.4) is 0 Å². The molecule has 0 spiro atoms. The molecular weight excluding hydrogens is 627 g/mol. The summed E-state index contributed by atoms with van der Waals surface area (Å²) < 4.78 is 97.3. The summed E-state index contributed by atoms with van der Waals surface area (Å²) in [6, 6.07) is 5.77. The molecule has 1 saturated carbocycles. The van der Waals surface area contributed by atoms with Crippen molar-refractivity contribution in [2.24, 2.45) is 0 Å². The first kappa shape index (κ1) is 34.8. The minimum absolute atomic E-state index is 0.0117. The summed E-state index contributed by atoms with van der Waals surface area (Å²) in [4.78, 5) is 38.8. The summed E-state index contributed by atoms with van der Waals surface area (Å²) in [6.45, 7) is -0.519. The number of hydrogen-bond acceptors (Lipinski definition) is 5. The van der Waals surface area contributed by atoms with Gasteiger partial charge in [-0.1, -0.05) is 12.1 Å². The Balaban J connectivity index is 1.36. The van der Waals surface area contributed by atoms with E-state index >= 15 is 0 Å². The lowest BCUT2D eigenvalue weighted by Crippen LogP contribution is -2.48.